The number of nitrogens with zero attached hydrogens (tertiary/aromatic N) is 1. The van der Waals surface area contributed by atoms with E-state index in [-0.39, 0.29) is 5.91 Å². The zero-order chi connectivity index (χ0) is 15.8. The van der Waals surface area contributed by atoms with E-state index in [0.717, 1.165) is 10.5 Å². The van der Waals surface area contributed by atoms with Crippen LogP contribution in [0.15, 0.2) is 63.4 Å². The van der Waals surface area contributed by atoms with E-state index in [4.69, 9.17) is 0 Å². The molecule has 0 radical (unpaired) electrons. The molecule has 1 N–H and O–H groups in total. The molecular weight excluding hydrogens is 312 g/mol. The van der Waals surface area contributed by atoms with Gasteiger partial charge in [0.2, 0.25) is 5.91 Å². The highest BCUT2D eigenvalue weighted by Crippen LogP contribution is 2.17. The first-order chi connectivity index (χ1) is 10.7. The van der Waals surface area contributed by atoms with Crippen LogP contribution in [0.25, 0.3) is 0 Å². The molecule has 0 saturated heterocycles. The highest BCUT2D eigenvalue weighted by atomic mass is 32.2. The molecule has 114 valence electrons. The Morgan fingerprint density at radius 2 is 1.73 bits per heavy atom. The number of hydrogen-bond acceptors (Lipinski definition) is 4. The summed E-state index contributed by atoms with van der Waals surface area (Å²) in [7, 11) is 0. The molecule has 0 unspecified atom stereocenters. The summed E-state index contributed by atoms with van der Waals surface area (Å²) in [6.07, 6.45) is 3.69. The van der Waals surface area contributed by atoms with Crippen LogP contribution in [0.1, 0.15) is 11.1 Å². The Morgan fingerprint density at radius 1 is 1.09 bits per heavy atom. The number of amides is 1. The van der Waals surface area contributed by atoms with Gasteiger partial charge in [-0.2, -0.15) is 5.10 Å². The van der Waals surface area contributed by atoms with Crippen LogP contribution in [0.4, 0.5) is 0 Å². The molecule has 0 aromatic heterocycles. The third kappa shape index (κ3) is 5.58. The summed E-state index contributed by atoms with van der Waals surface area (Å²) >= 11 is 3.19. The SMILES string of the molecule is CSc1ccc(C=NNC(=O)CSc2ccc(C)cc2)cc1. The van der Waals surface area contributed by atoms with Crippen LogP contribution in [0.3, 0.4) is 0 Å². The van der Waals surface area contributed by atoms with E-state index in [0.29, 0.717) is 5.75 Å². The maximum Gasteiger partial charge on any atom is 0.250 e. The summed E-state index contributed by atoms with van der Waals surface area (Å²) < 4.78 is 0. The Labute approximate surface area is 139 Å². The van der Waals surface area contributed by atoms with E-state index in [2.05, 4.69) is 10.5 Å². The number of hydrazone groups is 1. The van der Waals surface area contributed by atoms with Gasteiger partial charge in [0.05, 0.1) is 12.0 Å². The molecule has 3 nitrogen and oxygen atoms in total. The summed E-state index contributed by atoms with van der Waals surface area (Å²) in [5, 5.41) is 3.98. The topological polar surface area (TPSA) is 41.5 Å². The molecule has 0 heterocycles. The van der Waals surface area contributed by atoms with Gasteiger partial charge in [0, 0.05) is 9.79 Å². The third-order valence-corrected chi connectivity index (χ3v) is 4.67. The Bertz CT molecular complexity index is 637. The van der Waals surface area contributed by atoms with Crippen molar-refractivity contribution in [1.29, 1.82) is 0 Å². The second-order valence-corrected chi connectivity index (χ2v) is 6.60. The number of aryl methyl sites for hydroxylation is 1. The first-order valence-electron chi connectivity index (χ1n) is 6.83. The van der Waals surface area contributed by atoms with Gasteiger partial charge >= 0.3 is 0 Å². The lowest BCUT2D eigenvalue weighted by Crippen LogP contribution is -2.19. The number of nitrogens with one attached hydrogen (secondary N) is 1. The minimum Gasteiger partial charge on any atom is -0.272 e. The molecule has 0 aliphatic carbocycles. The maximum absolute atomic E-state index is 11.7. The summed E-state index contributed by atoms with van der Waals surface area (Å²) in [4.78, 5) is 14.0. The Morgan fingerprint density at radius 3 is 2.36 bits per heavy atom. The van der Waals surface area contributed by atoms with E-state index in [9.17, 15) is 4.79 Å². The highest BCUT2D eigenvalue weighted by Gasteiger charge is 2.01. The van der Waals surface area contributed by atoms with Crippen molar-refractivity contribution in [2.24, 2.45) is 5.10 Å². The van der Waals surface area contributed by atoms with Gasteiger partial charge in [0.15, 0.2) is 0 Å². The molecule has 1 amide bonds. The van der Waals surface area contributed by atoms with Crippen LogP contribution in [0.2, 0.25) is 0 Å². The standard InChI is InChI=1S/C17H18N2OS2/c1-13-3-7-16(8-4-13)22-12-17(20)19-18-11-14-5-9-15(21-2)10-6-14/h3-11H,12H2,1-2H3,(H,19,20). The summed E-state index contributed by atoms with van der Waals surface area (Å²) in [6.45, 7) is 2.04. The minimum absolute atomic E-state index is 0.109. The van der Waals surface area contributed by atoms with Gasteiger partial charge in [-0.05, 0) is 43.0 Å². The van der Waals surface area contributed by atoms with Crippen molar-refractivity contribution in [2.45, 2.75) is 16.7 Å². The van der Waals surface area contributed by atoms with E-state index in [1.807, 2.05) is 61.7 Å². The predicted molar refractivity (Wildman–Crippen MR) is 95.9 cm³/mol. The maximum atomic E-state index is 11.7. The van der Waals surface area contributed by atoms with Gasteiger partial charge in [0.1, 0.15) is 0 Å². The molecule has 22 heavy (non-hydrogen) atoms. The Balaban J connectivity index is 1.76. The van der Waals surface area contributed by atoms with Crippen molar-refractivity contribution >= 4 is 35.6 Å². The smallest absolute Gasteiger partial charge is 0.250 e. The summed E-state index contributed by atoms with van der Waals surface area (Å²) in [5.41, 5.74) is 4.72. The Hall–Kier alpha value is -1.72. The fourth-order valence-corrected chi connectivity index (χ4v) is 2.78. The molecule has 0 bridgehead atoms. The highest BCUT2D eigenvalue weighted by molar-refractivity contribution is 8.00. The van der Waals surface area contributed by atoms with Crippen LogP contribution in [-0.4, -0.2) is 24.1 Å². The summed E-state index contributed by atoms with van der Waals surface area (Å²) in [5.74, 6) is 0.244. The third-order valence-electron chi connectivity index (χ3n) is 2.91. The lowest BCUT2D eigenvalue weighted by Gasteiger charge is -2.01. The van der Waals surface area contributed by atoms with Crippen LogP contribution in [-0.2, 0) is 4.79 Å². The van der Waals surface area contributed by atoms with Crippen LogP contribution in [0.5, 0.6) is 0 Å². The van der Waals surface area contributed by atoms with Crippen molar-refractivity contribution in [2.75, 3.05) is 12.0 Å². The van der Waals surface area contributed by atoms with Crippen molar-refractivity contribution in [3.63, 3.8) is 0 Å². The lowest BCUT2D eigenvalue weighted by molar-refractivity contribution is -0.118. The van der Waals surface area contributed by atoms with Crippen LogP contribution in [0, 0.1) is 6.92 Å². The molecule has 0 aliphatic rings. The minimum atomic E-state index is -0.109. The van der Waals surface area contributed by atoms with Gasteiger partial charge < -0.3 is 0 Å². The molecule has 0 fully saturated rings. The van der Waals surface area contributed by atoms with Gasteiger partial charge in [-0.25, -0.2) is 5.43 Å². The number of rotatable bonds is 6. The van der Waals surface area contributed by atoms with Crippen LogP contribution < -0.4 is 5.43 Å². The normalized spacial score (nSPS) is 10.8. The van der Waals surface area contributed by atoms with Crippen LogP contribution >= 0.6 is 23.5 Å². The molecule has 5 heteroatoms. The van der Waals surface area contributed by atoms with Gasteiger partial charge in [-0.1, -0.05) is 29.8 Å². The second-order valence-electron chi connectivity index (χ2n) is 4.67. The second kappa shape index (κ2) is 8.66. The first kappa shape index (κ1) is 16.6. The van der Waals surface area contributed by atoms with Gasteiger partial charge in [-0.3, -0.25) is 4.79 Å². The monoisotopic (exact) mass is 330 g/mol. The molecular formula is C17H18N2OS2. The molecule has 2 rings (SSSR count). The van der Waals surface area contributed by atoms with Gasteiger partial charge in [-0.15, -0.1) is 23.5 Å². The van der Waals surface area contributed by atoms with Crippen molar-refractivity contribution in [3.8, 4) is 0 Å². The zero-order valence-corrected chi connectivity index (χ0v) is 14.2. The number of thioether (sulfide) groups is 2. The summed E-state index contributed by atoms with van der Waals surface area (Å²) in [6, 6.07) is 16.1. The fourth-order valence-electron chi connectivity index (χ4n) is 1.68. The number of benzene rings is 2. The molecule has 0 saturated carbocycles. The largest absolute Gasteiger partial charge is 0.272 e. The molecule has 2 aromatic carbocycles. The van der Waals surface area contributed by atoms with Gasteiger partial charge in [0.25, 0.3) is 0 Å². The average Bonchev–Trinajstić information content (AvgIpc) is 2.55. The quantitative estimate of drug-likeness (QED) is 0.495. The lowest BCUT2D eigenvalue weighted by atomic mass is 10.2. The Kier molecular flexibility index (Phi) is 6.55. The molecule has 0 aliphatic heterocycles. The molecule has 2 aromatic rings. The number of carbonyl (C=O) groups is 1. The van der Waals surface area contributed by atoms with E-state index < -0.39 is 0 Å². The van der Waals surface area contributed by atoms with E-state index in [1.54, 1.807) is 18.0 Å². The average molecular weight is 330 g/mol. The number of hydrogen-bond donors (Lipinski definition) is 1. The van der Waals surface area contributed by atoms with Crippen molar-refractivity contribution in [1.82, 2.24) is 5.43 Å². The predicted octanol–water partition coefficient (Wildman–Crippen LogP) is 3.96. The molecule has 0 spiro atoms. The van der Waals surface area contributed by atoms with Crippen molar-refractivity contribution < 1.29 is 4.79 Å². The van der Waals surface area contributed by atoms with Crippen molar-refractivity contribution in [3.05, 3.63) is 59.7 Å². The van der Waals surface area contributed by atoms with E-state index in [1.165, 1.54) is 22.2 Å². The van der Waals surface area contributed by atoms with E-state index >= 15 is 0 Å². The fraction of sp³-hybridized carbons (Fsp3) is 0.176. The molecule has 0 atom stereocenters. The zero-order valence-electron chi connectivity index (χ0n) is 12.6. The number of carbonyl (C=O) groups excluding carboxylic acids is 1. The first-order valence-corrected chi connectivity index (χ1v) is 9.04.